The van der Waals surface area contributed by atoms with Crippen LogP contribution in [-0.2, 0) is 23.9 Å². The first-order valence-electron chi connectivity index (χ1n) is 21.9. The normalized spacial score (nSPS) is 40.5. The fourth-order valence-electron chi connectivity index (χ4n) is 12.1. The summed E-state index contributed by atoms with van der Waals surface area (Å²) in [7, 11) is 2.14. The molecule has 3 saturated heterocycles. The Bertz CT molecular complexity index is 1510. The molecule has 0 aromatic heterocycles. The van der Waals surface area contributed by atoms with Gasteiger partial charge in [0.25, 0.3) is 5.60 Å². The van der Waals surface area contributed by atoms with Crippen LogP contribution in [0.1, 0.15) is 111 Å². The number of piperidine rings is 2. The van der Waals surface area contributed by atoms with Crippen molar-refractivity contribution < 1.29 is 44.9 Å². The summed E-state index contributed by atoms with van der Waals surface area (Å²) in [4.78, 5) is 44.5. The van der Waals surface area contributed by atoms with Crippen LogP contribution in [0.5, 0.6) is 0 Å². The molecule has 2 saturated carbocycles. The standard InChI is InChI=1S/C44H68N4O6/c1-6-46-36-22-30-11-8-7-10-29(30)21-32(36)25-53-42(52)44-40(51)38-31(20-26(2)3)12-9-13-35(38)39(50)43(44,54-44)23-33(24-49)27(4)14-15-28-18-19-47-41-34(28)16-17-37(45-5)48-41/h8,11,22,26,28-29,31-32,34-38,41,45-49H,6-7,9-10,12-21,23-25H2,1-5H3/p+3/t28?,29-,31?,32-,34?,35?,36-,37+,38?,41?,43-,44-/m0/s1. The lowest BCUT2D eigenvalue weighted by molar-refractivity contribution is -0.739. The largest absolute Gasteiger partial charge is 0.463 e. The molecule has 0 aromatic carbocycles. The van der Waals surface area contributed by atoms with Gasteiger partial charge in [-0.2, -0.15) is 0 Å². The van der Waals surface area contributed by atoms with Gasteiger partial charge in [-0.15, -0.1) is 0 Å². The Morgan fingerprint density at radius 1 is 1.11 bits per heavy atom. The second-order valence-electron chi connectivity index (χ2n) is 18.7. The lowest BCUT2D eigenvalue weighted by atomic mass is 9.56. The van der Waals surface area contributed by atoms with Gasteiger partial charge in [0.05, 0.1) is 26.7 Å². The predicted octanol–water partition coefficient (Wildman–Crippen LogP) is 2.04. The summed E-state index contributed by atoms with van der Waals surface area (Å²) in [5.41, 5.74) is -0.374. The van der Waals surface area contributed by atoms with E-state index >= 15 is 0 Å². The average Bonchev–Trinajstić information content (AvgIpc) is 3.88. The highest BCUT2D eigenvalue weighted by atomic mass is 16.7. The molecule has 300 valence electrons. The van der Waals surface area contributed by atoms with Crippen LogP contribution in [-0.4, -0.2) is 85.6 Å². The van der Waals surface area contributed by atoms with Crippen molar-refractivity contribution in [3.63, 3.8) is 0 Å². The predicted molar refractivity (Wildman–Crippen MR) is 205 cm³/mol. The third-order valence-electron chi connectivity index (χ3n) is 15.0. The van der Waals surface area contributed by atoms with Crippen LogP contribution in [0.2, 0.25) is 0 Å². The molecule has 5 fully saturated rings. The molecule has 12 atom stereocenters. The number of nitrogens with one attached hydrogen (secondary N) is 1. The van der Waals surface area contributed by atoms with E-state index in [1.165, 1.54) is 24.8 Å². The zero-order valence-corrected chi connectivity index (χ0v) is 33.8. The van der Waals surface area contributed by atoms with E-state index in [4.69, 9.17) is 9.47 Å². The molecule has 4 aliphatic carbocycles. The molecule has 3 aliphatic heterocycles. The first-order chi connectivity index (χ1) is 26.1. The zero-order valence-electron chi connectivity index (χ0n) is 33.8. The molecule has 3 heterocycles. The first kappa shape index (κ1) is 40.0. The van der Waals surface area contributed by atoms with Crippen molar-refractivity contribution in [3.05, 3.63) is 34.9 Å². The SMILES string of the molecule is CC[NH2+][C@H]1C=C2C=CCC[C@H]2C[C@H]1COC(=O)[C@]12O[C@@]1(CC(CO)=C(C)CCC1CC[NH2+]C3N[C@@H]([NH2+]C)CCC13)C(=O)C1CCCC(CC(C)C)C1C2=O. The fraction of sp³-hybridized carbons (Fsp3) is 0.795. The van der Waals surface area contributed by atoms with E-state index in [0.29, 0.717) is 42.4 Å². The lowest BCUT2D eigenvalue weighted by Gasteiger charge is -2.42. The molecule has 0 spiro atoms. The Hall–Kier alpha value is -2.21. The fourth-order valence-corrected chi connectivity index (χ4v) is 12.1. The minimum Gasteiger partial charge on any atom is -0.463 e. The van der Waals surface area contributed by atoms with Crippen molar-refractivity contribution in [2.24, 2.45) is 47.3 Å². The van der Waals surface area contributed by atoms with E-state index in [-0.39, 0.29) is 49.1 Å². The number of carbonyl (C=O) groups excluding carboxylic acids is 3. The minimum atomic E-state index is -1.93. The summed E-state index contributed by atoms with van der Waals surface area (Å²) >= 11 is 0. The van der Waals surface area contributed by atoms with Crippen LogP contribution in [0.3, 0.4) is 0 Å². The molecule has 7 rings (SSSR count). The number of ether oxygens (including phenoxy) is 2. The second kappa shape index (κ2) is 16.7. The lowest BCUT2D eigenvalue weighted by Crippen LogP contribution is -3.02. The quantitative estimate of drug-likeness (QED) is 0.0788. The van der Waals surface area contributed by atoms with Crippen molar-refractivity contribution in [1.29, 1.82) is 0 Å². The Morgan fingerprint density at radius 3 is 2.70 bits per heavy atom. The number of hydrogen-bond donors (Lipinski definition) is 5. The molecule has 6 unspecified atom stereocenters. The minimum absolute atomic E-state index is 0.0443. The van der Waals surface area contributed by atoms with Gasteiger partial charge in [0.15, 0.2) is 17.2 Å². The number of rotatable bonds is 14. The maximum atomic E-state index is 15.0. The number of hydrogen-bond acceptors (Lipinski definition) is 7. The van der Waals surface area contributed by atoms with Crippen LogP contribution in [0.15, 0.2) is 34.9 Å². The third kappa shape index (κ3) is 7.37. The van der Waals surface area contributed by atoms with E-state index in [9.17, 15) is 19.5 Å². The number of carbonyl (C=O) groups is 3. The average molecular weight is 752 g/mol. The smallest absolute Gasteiger partial charge is 0.350 e. The summed E-state index contributed by atoms with van der Waals surface area (Å²) in [6.45, 7) is 10.5. The van der Waals surface area contributed by atoms with Crippen molar-refractivity contribution >= 4 is 17.5 Å². The van der Waals surface area contributed by atoms with E-state index in [1.54, 1.807) is 0 Å². The molecular formula is C44H71N4O6+3. The number of ketones is 2. The van der Waals surface area contributed by atoms with Gasteiger partial charge in [-0.25, -0.2) is 10.1 Å². The summed E-state index contributed by atoms with van der Waals surface area (Å²) in [5.74, 6) is 0.154. The van der Waals surface area contributed by atoms with E-state index in [0.717, 1.165) is 75.6 Å². The van der Waals surface area contributed by atoms with Gasteiger partial charge >= 0.3 is 5.97 Å². The highest BCUT2D eigenvalue weighted by Gasteiger charge is 2.87. The summed E-state index contributed by atoms with van der Waals surface area (Å²) in [5, 5.41) is 21.8. The molecule has 0 aromatic rings. The van der Waals surface area contributed by atoms with Crippen molar-refractivity contribution in [3.8, 4) is 0 Å². The number of fused-ring (bicyclic) bond motifs is 4. The van der Waals surface area contributed by atoms with E-state index in [2.05, 4.69) is 74.2 Å². The number of likely N-dealkylation sites (N-methyl/N-ethyl adjacent to an activating group) is 1. The molecule has 8 N–H and O–H groups in total. The third-order valence-corrected chi connectivity index (χ3v) is 15.0. The monoisotopic (exact) mass is 752 g/mol. The van der Waals surface area contributed by atoms with Gasteiger partial charge in [-0.3, -0.25) is 9.59 Å². The Labute approximate surface area is 323 Å². The molecule has 7 aliphatic rings. The molecule has 10 nitrogen and oxygen atoms in total. The maximum absolute atomic E-state index is 15.0. The Kier molecular flexibility index (Phi) is 12.4. The number of aliphatic hydroxyl groups is 1. The summed E-state index contributed by atoms with van der Waals surface area (Å²) < 4.78 is 12.7. The Morgan fingerprint density at radius 2 is 1.94 bits per heavy atom. The van der Waals surface area contributed by atoms with Gasteiger partial charge in [0.1, 0.15) is 25.0 Å². The van der Waals surface area contributed by atoms with E-state index in [1.807, 2.05) is 0 Å². The van der Waals surface area contributed by atoms with Crippen LogP contribution in [0.4, 0.5) is 0 Å². The maximum Gasteiger partial charge on any atom is 0.350 e. The first-order valence-corrected chi connectivity index (χ1v) is 21.9. The van der Waals surface area contributed by atoms with E-state index < -0.39 is 29.0 Å². The Balaban J connectivity index is 1.13. The van der Waals surface area contributed by atoms with Crippen LogP contribution >= 0.6 is 0 Å². The number of quaternary nitrogens is 3. The second-order valence-corrected chi connectivity index (χ2v) is 18.7. The number of epoxide rings is 1. The van der Waals surface area contributed by atoms with Gasteiger partial charge < -0.3 is 30.5 Å². The topological polar surface area (TPSA) is 155 Å². The van der Waals surface area contributed by atoms with Gasteiger partial charge in [0, 0.05) is 36.5 Å². The zero-order chi connectivity index (χ0) is 38.2. The summed E-state index contributed by atoms with van der Waals surface area (Å²) in [6, 6.07) is 0.181. The molecule has 0 radical (unpaired) electrons. The highest BCUT2D eigenvalue weighted by molar-refractivity contribution is 6.23. The van der Waals surface area contributed by atoms with Crippen LogP contribution in [0, 0.1) is 47.3 Å². The molecule has 0 amide bonds. The molecule has 10 heteroatoms. The molecule has 54 heavy (non-hydrogen) atoms. The van der Waals surface area contributed by atoms with Gasteiger partial charge in [-0.05, 0) is 119 Å². The van der Waals surface area contributed by atoms with Gasteiger partial charge in [0.2, 0.25) is 0 Å². The van der Waals surface area contributed by atoms with Crippen LogP contribution in [0.25, 0.3) is 0 Å². The number of esters is 1. The highest BCUT2D eigenvalue weighted by Crippen LogP contribution is 2.63. The molecule has 0 bridgehead atoms. The van der Waals surface area contributed by atoms with Gasteiger partial charge in [-0.1, -0.05) is 38.0 Å². The molecular weight excluding hydrogens is 681 g/mol. The number of Topliss-reactive ketones (excluding diaryl/α,β-unsaturated/α-hetero) is 2. The number of nitrogens with two attached hydrogens (primary N) is 3. The van der Waals surface area contributed by atoms with Crippen LogP contribution < -0.4 is 21.3 Å². The van der Waals surface area contributed by atoms with Crippen molar-refractivity contribution in [1.82, 2.24) is 5.32 Å². The van der Waals surface area contributed by atoms with Crippen molar-refractivity contribution in [2.75, 3.05) is 33.4 Å². The van der Waals surface area contributed by atoms with Crippen molar-refractivity contribution in [2.45, 2.75) is 141 Å². The summed E-state index contributed by atoms with van der Waals surface area (Å²) in [6.07, 6.45) is 19.6. The number of aliphatic hydroxyl groups excluding tert-OH is 1. The number of allylic oxidation sites excluding steroid dienone is 4.